The second-order valence-corrected chi connectivity index (χ2v) is 34.3. The molecule has 2 aliphatic carbocycles. The summed E-state index contributed by atoms with van der Waals surface area (Å²) in [6, 6.07) is 20.3. The average Bonchev–Trinajstić information content (AvgIpc) is 3.21. The van der Waals surface area contributed by atoms with Gasteiger partial charge in [0.1, 0.15) is 0 Å². The summed E-state index contributed by atoms with van der Waals surface area (Å²) in [5.41, 5.74) is 12.0. The Morgan fingerprint density at radius 1 is 0.759 bits per heavy atom. The summed E-state index contributed by atoms with van der Waals surface area (Å²) in [6.07, 6.45) is 2.69. The molecule has 149 valence electrons. The minimum atomic E-state index is -2.67. The van der Waals surface area contributed by atoms with Crippen LogP contribution in [-0.2, 0) is 18.9 Å². The minimum absolute atomic E-state index is 0.398. The van der Waals surface area contributed by atoms with Gasteiger partial charge in [-0.2, -0.15) is 0 Å². The van der Waals surface area contributed by atoms with Gasteiger partial charge in [-0.15, -0.1) is 0 Å². The second-order valence-electron chi connectivity index (χ2n) is 9.34. The molecule has 0 fully saturated rings. The number of allylic oxidation sites excluding steroid dienone is 5. The van der Waals surface area contributed by atoms with E-state index in [4.69, 9.17) is 0 Å². The average molecular weight is 477 g/mol. The van der Waals surface area contributed by atoms with Crippen molar-refractivity contribution in [2.45, 2.75) is 52.7 Å². The molecule has 0 amide bonds. The van der Waals surface area contributed by atoms with Crippen molar-refractivity contribution >= 4 is 11.0 Å². The maximum atomic E-state index is 2.79. The van der Waals surface area contributed by atoms with Gasteiger partial charge in [-0.05, 0) is 0 Å². The first kappa shape index (κ1) is 21.0. The van der Waals surface area contributed by atoms with Gasteiger partial charge in [-0.25, -0.2) is 0 Å². The third-order valence-corrected chi connectivity index (χ3v) is 39.0. The van der Waals surface area contributed by atoms with Crippen LogP contribution in [0.5, 0.6) is 0 Å². The molecular weight excluding hydrogens is 444 g/mol. The molecule has 4 rings (SSSR count). The number of fused-ring (bicyclic) bond motifs is 1. The zero-order valence-electron chi connectivity index (χ0n) is 18.9. The molecule has 0 N–H and O–H groups in total. The van der Waals surface area contributed by atoms with Crippen molar-refractivity contribution in [1.82, 2.24) is 0 Å². The fourth-order valence-electron chi connectivity index (χ4n) is 5.75. The van der Waals surface area contributed by atoms with E-state index >= 15 is 0 Å². The van der Waals surface area contributed by atoms with Gasteiger partial charge >= 0.3 is 182 Å². The Balaban J connectivity index is 1.97. The summed E-state index contributed by atoms with van der Waals surface area (Å²) in [5, 5.41) is 0. The van der Waals surface area contributed by atoms with Crippen LogP contribution >= 0.6 is 0 Å². The maximum absolute atomic E-state index is 2.79. The summed E-state index contributed by atoms with van der Waals surface area (Å²) in [6.45, 7) is 14.8. The summed E-state index contributed by atoms with van der Waals surface area (Å²) >= 11 is -2.67. The Morgan fingerprint density at radius 3 is 1.90 bits per heavy atom. The van der Waals surface area contributed by atoms with Crippen molar-refractivity contribution in [1.29, 1.82) is 0 Å². The number of hydrogen-bond acceptors (Lipinski definition) is 0. The molecule has 0 saturated carbocycles. The van der Waals surface area contributed by atoms with E-state index < -0.39 is 24.3 Å². The van der Waals surface area contributed by atoms with Crippen LogP contribution in [-0.4, -0.2) is 5.43 Å². The molecule has 0 bridgehead atoms. The Kier molecular flexibility index (Phi) is 5.64. The zero-order chi connectivity index (χ0) is 20.9. The number of hydrogen-bond donors (Lipinski definition) is 0. The van der Waals surface area contributed by atoms with Crippen LogP contribution in [0.4, 0.5) is 0 Å². The standard InChI is InChI=1S/C15H11.C9H13.C2H6Si.CH3.Zr/c1-2-6-12(7-3-1)15-11-10-13-8-4-5-9-14(13)15;1-6-5-7(2)9(4)8(6)3;1-3-2;;/h1-11H;5H,1-4H3;1-2H3;1H3;. The molecule has 0 saturated heterocycles. The number of benzene rings is 2. The molecule has 0 nitrogen and oxygen atoms in total. The van der Waals surface area contributed by atoms with Crippen LogP contribution in [0.15, 0.2) is 83.0 Å². The molecule has 2 atom stereocenters. The molecule has 2 heteroatoms. The van der Waals surface area contributed by atoms with Crippen molar-refractivity contribution in [2.75, 3.05) is 0 Å². The van der Waals surface area contributed by atoms with E-state index in [1.54, 1.807) is 27.9 Å². The van der Waals surface area contributed by atoms with Crippen LogP contribution in [0.25, 0.3) is 5.57 Å². The van der Waals surface area contributed by atoms with Gasteiger partial charge in [0.05, 0.1) is 0 Å². The first-order valence-corrected chi connectivity index (χ1v) is 22.3. The van der Waals surface area contributed by atoms with Gasteiger partial charge in [0.15, 0.2) is 0 Å². The molecular formula is C27H33SiZr. The van der Waals surface area contributed by atoms with Crippen molar-refractivity contribution in [2.24, 2.45) is 0 Å². The summed E-state index contributed by atoms with van der Waals surface area (Å²) in [5.74, 6) is 0. The molecule has 0 heterocycles. The van der Waals surface area contributed by atoms with E-state index in [-0.39, 0.29) is 0 Å². The van der Waals surface area contributed by atoms with Gasteiger partial charge in [0, 0.05) is 0 Å². The molecule has 2 unspecified atom stereocenters. The van der Waals surface area contributed by atoms with Crippen LogP contribution in [0.3, 0.4) is 0 Å². The Bertz CT molecular complexity index is 1100. The van der Waals surface area contributed by atoms with E-state index in [9.17, 15) is 0 Å². The Labute approximate surface area is 181 Å². The van der Waals surface area contributed by atoms with Gasteiger partial charge in [0.2, 0.25) is 0 Å². The van der Waals surface area contributed by atoms with E-state index in [2.05, 4.69) is 106 Å². The first-order valence-electron chi connectivity index (χ1n) is 10.8. The predicted octanol–water partition coefficient (Wildman–Crippen LogP) is 8.10. The molecule has 0 spiro atoms. The van der Waals surface area contributed by atoms with Crippen LogP contribution in [0.1, 0.15) is 48.0 Å². The van der Waals surface area contributed by atoms with Crippen molar-refractivity contribution in [3.63, 3.8) is 0 Å². The van der Waals surface area contributed by atoms with Crippen LogP contribution < -0.4 is 0 Å². The monoisotopic (exact) mass is 475 g/mol. The molecule has 0 radical (unpaired) electrons. The Morgan fingerprint density at radius 2 is 1.31 bits per heavy atom. The summed E-state index contributed by atoms with van der Waals surface area (Å²) < 4.78 is 4.20. The van der Waals surface area contributed by atoms with E-state index in [0.29, 0.717) is 3.63 Å². The molecule has 2 aromatic carbocycles. The van der Waals surface area contributed by atoms with E-state index in [1.807, 2.05) is 0 Å². The van der Waals surface area contributed by atoms with Crippen LogP contribution in [0, 0.1) is 0 Å². The first-order chi connectivity index (χ1) is 13.8. The predicted molar refractivity (Wildman–Crippen MR) is 127 cm³/mol. The summed E-state index contributed by atoms with van der Waals surface area (Å²) in [4.78, 5) is 0. The normalized spacial score (nSPS) is 21.3. The molecule has 2 aromatic rings. The van der Waals surface area contributed by atoms with E-state index in [0.717, 1.165) is 3.63 Å². The van der Waals surface area contributed by atoms with Crippen LogP contribution in [0.2, 0.25) is 21.4 Å². The quantitative estimate of drug-likeness (QED) is 0.392. The van der Waals surface area contributed by atoms with Gasteiger partial charge < -0.3 is 0 Å². The van der Waals surface area contributed by atoms with Crippen molar-refractivity contribution in [3.05, 3.63) is 99.7 Å². The fourth-order valence-corrected chi connectivity index (χ4v) is 29.6. The van der Waals surface area contributed by atoms with Crippen molar-refractivity contribution < 1.29 is 18.9 Å². The van der Waals surface area contributed by atoms with Gasteiger partial charge in [0.25, 0.3) is 0 Å². The summed E-state index contributed by atoms with van der Waals surface area (Å²) in [7, 11) is 0. The topological polar surface area (TPSA) is 0 Å². The van der Waals surface area contributed by atoms with E-state index in [1.165, 1.54) is 16.7 Å². The SMILES string of the molecule is CC1=C(C)[CH]([Zr]([CH3])([CH]2C=C(c3ccccc3)c3ccccc32)=[Si](C)C)C(C)=C1C. The fraction of sp³-hybridized carbons (Fsp3) is 0.333. The molecule has 0 aliphatic heterocycles. The third kappa shape index (κ3) is 3.19. The Hall–Kier alpha value is -1.24. The van der Waals surface area contributed by atoms with Crippen molar-refractivity contribution in [3.8, 4) is 0 Å². The second kappa shape index (κ2) is 7.78. The molecule has 0 aromatic heterocycles. The third-order valence-electron chi connectivity index (χ3n) is 7.94. The molecule has 29 heavy (non-hydrogen) atoms. The number of rotatable bonds is 3. The van der Waals surface area contributed by atoms with Gasteiger partial charge in [-0.3, -0.25) is 0 Å². The van der Waals surface area contributed by atoms with Gasteiger partial charge in [-0.1, -0.05) is 0 Å². The molecule has 2 aliphatic rings. The zero-order valence-corrected chi connectivity index (χ0v) is 22.4.